The van der Waals surface area contributed by atoms with E-state index in [1.54, 1.807) is 7.05 Å². The summed E-state index contributed by atoms with van der Waals surface area (Å²) in [7, 11) is 1.79. The van der Waals surface area contributed by atoms with Gasteiger partial charge < -0.3 is 21.7 Å². The topological polar surface area (TPSA) is 94.8 Å². The smallest absolute Gasteiger partial charge is 0.231 e. The van der Waals surface area contributed by atoms with Crippen LogP contribution in [0.3, 0.4) is 0 Å². The zero-order valence-corrected chi connectivity index (χ0v) is 17.1. The maximum absolute atomic E-state index is 10.9. The first-order valence-corrected chi connectivity index (χ1v) is 8.03. The van der Waals surface area contributed by atoms with Crippen LogP contribution >= 0.6 is 24.0 Å². The van der Waals surface area contributed by atoms with Crippen LogP contribution in [0.2, 0.25) is 0 Å². The first-order chi connectivity index (χ1) is 10.3. The molecule has 0 bridgehead atoms. The van der Waals surface area contributed by atoms with Crippen molar-refractivity contribution in [2.75, 3.05) is 39.8 Å². The number of halogens is 1. The molecule has 7 nitrogen and oxygen atoms in total. The minimum absolute atomic E-state index is 0. The molecule has 0 aromatic carbocycles. The SMILES string of the molecule is CN=C(NCCNC(C)(C)C)NC1CCN(CC(N)=O)CC1.I. The number of guanidine groups is 1. The number of aliphatic imine (C=N–C) groups is 1. The van der Waals surface area contributed by atoms with Gasteiger partial charge in [-0.2, -0.15) is 0 Å². The second-order valence-electron chi connectivity index (χ2n) is 6.84. The van der Waals surface area contributed by atoms with E-state index < -0.39 is 0 Å². The van der Waals surface area contributed by atoms with Crippen molar-refractivity contribution in [1.82, 2.24) is 20.9 Å². The van der Waals surface area contributed by atoms with Gasteiger partial charge in [-0.3, -0.25) is 14.7 Å². The van der Waals surface area contributed by atoms with Crippen molar-refractivity contribution in [3.05, 3.63) is 0 Å². The molecule has 8 heteroatoms. The second-order valence-corrected chi connectivity index (χ2v) is 6.84. The van der Waals surface area contributed by atoms with E-state index in [1.807, 2.05) is 0 Å². The summed E-state index contributed by atoms with van der Waals surface area (Å²) in [6.07, 6.45) is 1.99. The summed E-state index contributed by atoms with van der Waals surface area (Å²) in [4.78, 5) is 17.3. The number of piperidine rings is 1. The van der Waals surface area contributed by atoms with Gasteiger partial charge in [-0.05, 0) is 33.6 Å². The van der Waals surface area contributed by atoms with Crippen LogP contribution in [0.1, 0.15) is 33.6 Å². The number of likely N-dealkylation sites (tertiary alicyclic amines) is 1. The molecule has 1 aliphatic rings. The van der Waals surface area contributed by atoms with E-state index in [0.29, 0.717) is 12.6 Å². The van der Waals surface area contributed by atoms with Crippen LogP contribution in [-0.2, 0) is 4.79 Å². The Bertz CT molecular complexity index is 375. The fourth-order valence-electron chi connectivity index (χ4n) is 2.46. The Labute approximate surface area is 157 Å². The van der Waals surface area contributed by atoms with Crippen molar-refractivity contribution in [1.29, 1.82) is 0 Å². The van der Waals surface area contributed by atoms with Crippen LogP contribution in [0.15, 0.2) is 4.99 Å². The minimum atomic E-state index is -0.254. The molecule has 1 saturated heterocycles. The Balaban J connectivity index is 0.00000484. The van der Waals surface area contributed by atoms with Gasteiger partial charge in [0.15, 0.2) is 5.96 Å². The molecular formula is C15H33IN6O. The Morgan fingerprint density at radius 3 is 2.35 bits per heavy atom. The van der Waals surface area contributed by atoms with E-state index in [9.17, 15) is 4.79 Å². The molecule has 0 saturated carbocycles. The number of nitrogens with two attached hydrogens (primary N) is 1. The molecule has 1 fully saturated rings. The summed E-state index contributed by atoms with van der Waals surface area (Å²) in [6, 6.07) is 0.394. The van der Waals surface area contributed by atoms with E-state index in [2.05, 4.69) is 46.6 Å². The summed E-state index contributed by atoms with van der Waals surface area (Å²) in [5, 5.41) is 10.2. The largest absolute Gasteiger partial charge is 0.369 e. The summed E-state index contributed by atoms with van der Waals surface area (Å²) in [6.45, 7) is 10.3. The predicted octanol–water partition coefficient (Wildman–Crippen LogP) is 0.107. The Kier molecular flexibility index (Phi) is 10.7. The first kappa shape index (κ1) is 22.4. The number of carbonyl (C=O) groups is 1. The third-order valence-electron chi connectivity index (χ3n) is 3.60. The molecule has 0 spiro atoms. The molecule has 23 heavy (non-hydrogen) atoms. The number of hydrogen-bond donors (Lipinski definition) is 4. The van der Waals surface area contributed by atoms with E-state index >= 15 is 0 Å². The highest BCUT2D eigenvalue weighted by Gasteiger charge is 2.20. The summed E-state index contributed by atoms with van der Waals surface area (Å²) in [5.41, 5.74) is 5.36. The maximum Gasteiger partial charge on any atom is 0.231 e. The van der Waals surface area contributed by atoms with Gasteiger partial charge in [0.25, 0.3) is 0 Å². The van der Waals surface area contributed by atoms with E-state index in [1.165, 1.54) is 0 Å². The summed E-state index contributed by atoms with van der Waals surface area (Å²) < 4.78 is 0. The van der Waals surface area contributed by atoms with Gasteiger partial charge in [0.1, 0.15) is 0 Å². The van der Waals surface area contributed by atoms with Crippen molar-refractivity contribution in [2.24, 2.45) is 10.7 Å². The standard InChI is InChI=1S/C15H32N6O.HI/c1-15(2,3)19-8-7-18-14(17-4)20-12-5-9-21(10-6-12)11-13(16)22;/h12,19H,5-11H2,1-4H3,(H2,16,22)(H2,17,18,20);1H. The lowest BCUT2D eigenvalue weighted by atomic mass is 10.1. The highest BCUT2D eigenvalue weighted by atomic mass is 127. The quantitative estimate of drug-likeness (QED) is 0.204. The fourth-order valence-corrected chi connectivity index (χ4v) is 2.46. The van der Waals surface area contributed by atoms with Crippen molar-refractivity contribution in [3.63, 3.8) is 0 Å². The Hall–Kier alpha value is -0.610. The van der Waals surface area contributed by atoms with Gasteiger partial charge >= 0.3 is 0 Å². The van der Waals surface area contributed by atoms with Crippen molar-refractivity contribution < 1.29 is 4.79 Å². The number of rotatable bonds is 6. The zero-order chi connectivity index (χ0) is 16.6. The number of nitrogens with one attached hydrogen (secondary N) is 3. The van der Waals surface area contributed by atoms with Crippen LogP contribution in [-0.4, -0.2) is 68.1 Å². The molecule has 1 heterocycles. The van der Waals surface area contributed by atoms with Crippen LogP contribution in [0, 0.1) is 0 Å². The lowest BCUT2D eigenvalue weighted by molar-refractivity contribution is -0.119. The van der Waals surface area contributed by atoms with Crippen LogP contribution in [0.5, 0.6) is 0 Å². The minimum Gasteiger partial charge on any atom is -0.369 e. The second kappa shape index (κ2) is 11.0. The van der Waals surface area contributed by atoms with Gasteiger partial charge in [-0.25, -0.2) is 0 Å². The highest BCUT2D eigenvalue weighted by Crippen LogP contribution is 2.09. The third kappa shape index (κ3) is 10.7. The molecule has 1 amide bonds. The molecule has 5 N–H and O–H groups in total. The van der Waals surface area contributed by atoms with Gasteiger partial charge in [0.2, 0.25) is 5.91 Å². The van der Waals surface area contributed by atoms with Crippen LogP contribution in [0.25, 0.3) is 0 Å². The van der Waals surface area contributed by atoms with Crippen LogP contribution in [0.4, 0.5) is 0 Å². The van der Waals surface area contributed by atoms with E-state index in [-0.39, 0.29) is 35.4 Å². The molecule has 1 aliphatic heterocycles. The van der Waals surface area contributed by atoms with Gasteiger partial charge in [0, 0.05) is 44.8 Å². The van der Waals surface area contributed by atoms with Crippen molar-refractivity contribution >= 4 is 35.8 Å². The number of primary amides is 1. The molecular weight excluding hydrogens is 407 g/mol. The fraction of sp³-hybridized carbons (Fsp3) is 0.867. The molecule has 0 aromatic heterocycles. The van der Waals surface area contributed by atoms with Gasteiger partial charge in [-0.1, -0.05) is 0 Å². The van der Waals surface area contributed by atoms with Crippen molar-refractivity contribution in [2.45, 2.75) is 45.2 Å². The Morgan fingerprint density at radius 2 is 1.87 bits per heavy atom. The number of amides is 1. The van der Waals surface area contributed by atoms with Gasteiger partial charge in [-0.15, -0.1) is 24.0 Å². The van der Waals surface area contributed by atoms with Crippen molar-refractivity contribution in [3.8, 4) is 0 Å². The highest BCUT2D eigenvalue weighted by molar-refractivity contribution is 14.0. The average Bonchev–Trinajstić information content (AvgIpc) is 2.42. The van der Waals surface area contributed by atoms with E-state index in [0.717, 1.165) is 45.0 Å². The normalized spacial score (nSPS) is 17.5. The zero-order valence-electron chi connectivity index (χ0n) is 14.8. The molecule has 0 radical (unpaired) electrons. The first-order valence-electron chi connectivity index (χ1n) is 8.03. The maximum atomic E-state index is 10.9. The number of carbonyl (C=O) groups excluding carboxylic acids is 1. The monoisotopic (exact) mass is 440 g/mol. The molecule has 0 aliphatic carbocycles. The molecule has 0 atom stereocenters. The lowest BCUT2D eigenvalue weighted by Gasteiger charge is -2.32. The lowest BCUT2D eigenvalue weighted by Crippen LogP contribution is -2.51. The average molecular weight is 440 g/mol. The number of nitrogens with zero attached hydrogens (tertiary/aromatic N) is 2. The predicted molar refractivity (Wildman–Crippen MR) is 106 cm³/mol. The third-order valence-corrected chi connectivity index (χ3v) is 3.60. The van der Waals surface area contributed by atoms with Crippen LogP contribution < -0.4 is 21.7 Å². The molecule has 0 unspecified atom stereocenters. The summed E-state index contributed by atoms with van der Waals surface area (Å²) >= 11 is 0. The molecule has 136 valence electrons. The Morgan fingerprint density at radius 1 is 1.26 bits per heavy atom. The number of hydrogen-bond acceptors (Lipinski definition) is 4. The summed E-state index contributed by atoms with van der Waals surface area (Å²) in [5.74, 6) is 0.583. The molecule has 1 rings (SSSR count). The van der Waals surface area contributed by atoms with Gasteiger partial charge in [0.05, 0.1) is 6.54 Å². The van der Waals surface area contributed by atoms with E-state index in [4.69, 9.17) is 5.73 Å². The molecule has 0 aromatic rings.